The fourth-order valence-corrected chi connectivity index (χ4v) is 5.12. The molecule has 35 heavy (non-hydrogen) atoms. The average molecular weight is 496 g/mol. The van der Waals surface area contributed by atoms with Crippen LogP contribution >= 0.6 is 11.6 Å². The van der Waals surface area contributed by atoms with E-state index < -0.39 is 11.9 Å². The van der Waals surface area contributed by atoms with Gasteiger partial charge in [0.2, 0.25) is 0 Å². The summed E-state index contributed by atoms with van der Waals surface area (Å²) >= 11 is 6.36. The molecule has 2 aromatic carbocycles. The number of aromatic hydroxyl groups is 1. The van der Waals surface area contributed by atoms with Gasteiger partial charge in [-0.3, -0.25) is 4.79 Å². The van der Waals surface area contributed by atoms with Gasteiger partial charge in [0.25, 0.3) is 0 Å². The fraction of sp³-hybridized carbons (Fsp3) is 0.357. The van der Waals surface area contributed by atoms with Crippen LogP contribution in [-0.4, -0.2) is 30.1 Å². The highest BCUT2D eigenvalue weighted by atomic mass is 35.5. The Morgan fingerprint density at radius 2 is 1.89 bits per heavy atom. The Morgan fingerprint density at radius 3 is 2.57 bits per heavy atom. The molecule has 1 heterocycles. The van der Waals surface area contributed by atoms with Gasteiger partial charge in [0.05, 0.1) is 23.8 Å². The first-order valence-electron chi connectivity index (χ1n) is 12.0. The van der Waals surface area contributed by atoms with Crippen LogP contribution in [0.5, 0.6) is 11.5 Å². The topological polar surface area (TPSA) is 84.9 Å². The maximum absolute atomic E-state index is 13.7. The zero-order valence-corrected chi connectivity index (χ0v) is 20.9. The van der Waals surface area contributed by atoms with E-state index in [-0.39, 0.29) is 34.8 Å². The maximum atomic E-state index is 13.7. The van der Waals surface area contributed by atoms with E-state index in [9.17, 15) is 14.7 Å². The largest absolute Gasteiger partial charge is 0.503 e. The molecule has 1 aliphatic carbocycles. The first-order chi connectivity index (χ1) is 16.8. The molecule has 2 atom stereocenters. The van der Waals surface area contributed by atoms with Gasteiger partial charge in [0, 0.05) is 29.3 Å². The zero-order chi connectivity index (χ0) is 25.1. The van der Waals surface area contributed by atoms with Crippen LogP contribution in [0, 0.1) is 0 Å². The fourth-order valence-electron chi connectivity index (χ4n) is 4.90. The van der Waals surface area contributed by atoms with Crippen molar-refractivity contribution in [3.8, 4) is 11.5 Å². The lowest BCUT2D eigenvalue weighted by Gasteiger charge is -2.37. The SMILES string of the molecule is CCCOC(=O)C1=C(C)NC2=C(C(=O)C[C@@H](c3ccccc3)C2)[C@H]1c1cc(Cl)c(O)c(OCC)c1. The minimum atomic E-state index is -0.683. The summed E-state index contributed by atoms with van der Waals surface area (Å²) in [6, 6.07) is 13.2. The Kier molecular flexibility index (Phi) is 7.51. The number of halogens is 1. The van der Waals surface area contributed by atoms with E-state index in [1.54, 1.807) is 19.1 Å². The number of hydrogen-bond donors (Lipinski definition) is 2. The van der Waals surface area contributed by atoms with Gasteiger partial charge in [0.15, 0.2) is 17.3 Å². The van der Waals surface area contributed by atoms with Crippen molar-refractivity contribution in [2.45, 2.75) is 51.9 Å². The summed E-state index contributed by atoms with van der Waals surface area (Å²) in [4.78, 5) is 26.9. The molecule has 1 aliphatic heterocycles. The third-order valence-electron chi connectivity index (χ3n) is 6.44. The lowest BCUT2D eigenvalue weighted by Crippen LogP contribution is -2.36. The van der Waals surface area contributed by atoms with E-state index in [1.165, 1.54) is 0 Å². The minimum Gasteiger partial charge on any atom is -0.503 e. The summed E-state index contributed by atoms with van der Waals surface area (Å²) in [7, 11) is 0. The van der Waals surface area contributed by atoms with Crippen molar-refractivity contribution in [3.05, 3.63) is 81.2 Å². The second kappa shape index (κ2) is 10.6. The molecule has 2 aliphatic rings. The summed E-state index contributed by atoms with van der Waals surface area (Å²) in [6.07, 6.45) is 1.66. The highest BCUT2D eigenvalue weighted by molar-refractivity contribution is 6.32. The van der Waals surface area contributed by atoms with Crippen molar-refractivity contribution in [3.63, 3.8) is 0 Å². The van der Waals surface area contributed by atoms with Crippen molar-refractivity contribution in [1.29, 1.82) is 0 Å². The average Bonchev–Trinajstić information content (AvgIpc) is 2.84. The Hall–Kier alpha value is -3.25. The molecule has 6 nitrogen and oxygen atoms in total. The lowest BCUT2D eigenvalue weighted by atomic mass is 9.71. The summed E-state index contributed by atoms with van der Waals surface area (Å²) in [6.45, 7) is 6.15. The Morgan fingerprint density at radius 1 is 1.14 bits per heavy atom. The Balaban J connectivity index is 1.84. The number of carbonyl (C=O) groups is 2. The Bertz CT molecular complexity index is 1200. The molecule has 0 saturated carbocycles. The van der Waals surface area contributed by atoms with Gasteiger partial charge in [-0.05, 0) is 55.9 Å². The van der Waals surface area contributed by atoms with Crippen LogP contribution in [-0.2, 0) is 14.3 Å². The van der Waals surface area contributed by atoms with Crippen LogP contribution in [0.3, 0.4) is 0 Å². The van der Waals surface area contributed by atoms with E-state index in [0.717, 1.165) is 11.3 Å². The third-order valence-corrected chi connectivity index (χ3v) is 6.73. The highest BCUT2D eigenvalue weighted by Crippen LogP contribution is 2.48. The third kappa shape index (κ3) is 4.94. The molecule has 0 saturated heterocycles. The molecular formula is C28H30ClNO5. The van der Waals surface area contributed by atoms with Gasteiger partial charge in [-0.2, -0.15) is 0 Å². The standard InChI is InChI=1S/C28H30ClNO5/c1-4-11-35-28(33)24-16(3)30-21-13-18(17-9-7-6-8-10-17)14-22(31)26(21)25(24)19-12-20(29)27(32)23(15-19)34-5-2/h6-10,12,15,18,25,30,32H,4-5,11,13-14H2,1-3H3/t18-,25-/m0/s1. The molecule has 0 fully saturated rings. The molecule has 2 aromatic rings. The van der Waals surface area contributed by atoms with Crippen molar-refractivity contribution < 1.29 is 24.2 Å². The van der Waals surface area contributed by atoms with Gasteiger partial charge in [-0.1, -0.05) is 48.9 Å². The van der Waals surface area contributed by atoms with Crippen molar-refractivity contribution in [1.82, 2.24) is 5.32 Å². The maximum Gasteiger partial charge on any atom is 0.336 e. The number of hydrogen-bond acceptors (Lipinski definition) is 6. The number of nitrogens with one attached hydrogen (secondary N) is 1. The number of phenols is 1. The normalized spacial score (nSPS) is 19.8. The number of dihydropyridines is 1. The molecule has 184 valence electrons. The smallest absolute Gasteiger partial charge is 0.336 e. The van der Waals surface area contributed by atoms with E-state index in [2.05, 4.69) is 5.32 Å². The number of esters is 1. The van der Waals surface area contributed by atoms with Gasteiger partial charge < -0.3 is 19.9 Å². The molecule has 2 N–H and O–H groups in total. The van der Waals surface area contributed by atoms with Gasteiger partial charge in [-0.25, -0.2) is 4.79 Å². The van der Waals surface area contributed by atoms with Crippen LogP contribution < -0.4 is 10.1 Å². The summed E-state index contributed by atoms with van der Waals surface area (Å²) in [5.41, 5.74) is 4.04. The predicted octanol–water partition coefficient (Wildman–Crippen LogP) is 5.76. The second-order valence-electron chi connectivity index (χ2n) is 8.85. The molecule has 0 radical (unpaired) electrons. The van der Waals surface area contributed by atoms with Crippen LogP contribution in [0.2, 0.25) is 5.02 Å². The number of carbonyl (C=O) groups excluding carboxylic acids is 2. The van der Waals surface area contributed by atoms with Crippen LogP contribution in [0.25, 0.3) is 0 Å². The van der Waals surface area contributed by atoms with E-state index >= 15 is 0 Å². The number of Topliss-reactive ketones (excluding diaryl/α,β-unsaturated/α-hetero) is 1. The minimum absolute atomic E-state index is 0.0342. The lowest BCUT2D eigenvalue weighted by molar-refractivity contribution is -0.139. The molecule has 0 amide bonds. The van der Waals surface area contributed by atoms with Crippen molar-refractivity contribution in [2.75, 3.05) is 13.2 Å². The number of phenolic OH excluding ortho intramolecular Hbond substituents is 1. The number of benzene rings is 2. The molecule has 7 heteroatoms. The van der Waals surface area contributed by atoms with Crippen LogP contribution in [0.4, 0.5) is 0 Å². The number of ketones is 1. The molecular weight excluding hydrogens is 466 g/mol. The number of ether oxygens (including phenoxy) is 2. The molecule has 0 spiro atoms. The van der Waals surface area contributed by atoms with Gasteiger partial charge in [0.1, 0.15) is 0 Å². The molecule has 0 aromatic heterocycles. The van der Waals surface area contributed by atoms with Crippen LogP contribution in [0.15, 0.2) is 65.0 Å². The van der Waals surface area contributed by atoms with Gasteiger partial charge in [-0.15, -0.1) is 0 Å². The first kappa shape index (κ1) is 24.9. The highest BCUT2D eigenvalue weighted by Gasteiger charge is 2.42. The monoisotopic (exact) mass is 495 g/mol. The van der Waals surface area contributed by atoms with E-state index in [4.69, 9.17) is 21.1 Å². The number of rotatable bonds is 7. The van der Waals surface area contributed by atoms with E-state index in [0.29, 0.717) is 48.3 Å². The first-order valence-corrected chi connectivity index (χ1v) is 12.3. The van der Waals surface area contributed by atoms with Gasteiger partial charge >= 0.3 is 5.97 Å². The Labute approximate surface area is 210 Å². The van der Waals surface area contributed by atoms with Crippen LogP contribution in [0.1, 0.15) is 63.0 Å². The quantitative estimate of drug-likeness (QED) is 0.475. The summed E-state index contributed by atoms with van der Waals surface area (Å²) in [5, 5.41) is 13.8. The van der Waals surface area contributed by atoms with Crippen molar-refractivity contribution >= 4 is 23.4 Å². The zero-order valence-electron chi connectivity index (χ0n) is 20.2. The second-order valence-corrected chi connectivity index (χ2v) is 9.25. The molecule has 0 unspecified atom stereocenters. The number of allylic oxidation sites excluding steroid dienone is 3. The van der Waals surface area contributed by atoms with E-state index in [1.807, 2.05) is 44.2 Å². The van der Waals surface area contributed by atoms with Crippen molar-refractivity contribution in [2.24, 2.45) is 0 Å². The summed E-state index contributed by atoms with van der Waals surface area (Å²) < 4.78 is 11.1. The predicted molar refractivity (Wildman–Crippen MR) is 135 cm³/mol. The molecule has 4 rings (SSSR count). The summed E-state index contributed by atoms with van der Waals surface area (Å²) in [5.74, 6) is -1.12. The molecule has 0 bridgehead atoms.